The fourth-order valence-corrected chi connectivity index (χ4v) is 15.3. The van der Waals surface area contributed by atoms with Crippen molar-refractivity contribution in [1.29, 1.82) is 0 Å². The van der Waals surface area contributed by atoms with Gasteiger partial charge in [0.05, 0.1) is 0 Å². The molecule has 1 atom stereocenters. The summed E-state index contributed by atoms with van der Waals surface area (Å²) < 4.78 is 7.04. The number of hydrogen-bond donors (Lipinski definition) is 0. The van der Waals surface area contributed by atoms with E-state index in [2.05, 4.69) is 78.8 Å². The molecule has 1 nitrogen and oxygen atoms in total. The van der Waals surface area contributed by atoms with Gasteiger partial charge in [-0.15, -0.1) is 0 Å². The molecule has 0 saturated heterocycles. The highest BCUT2D eigenvalue weighted by Gasteiger charge is 2.46. The third-order valence-electron chi connectivity index (χ3n) is 4.60. The zero-order valence-corrected chi connectivity index (χ0v) is 16.5. The molecule has 0 saturated carbocycles. The van der Waals surface area contributed by atoms with Crippen LogP contribution in [0.25, 0.3) is 0 Å². The summed E-state index contributed by atoms with van der Waals surface area (Å²) >= 11 is 0. The second kappa shape index (κ2) is 7.57. The largest absolute Gasteiger partial charge is 0.453 e. The van der Waals surface area contributed by atoms with Gasteiger partial charge in [0.2, 0.25) is 0 Å². The second-order valence-electron chi connectivity index (χ2n) is 6.74. The quantitative estimate of drug-likeness (QED) is 0.656. The van der Waals surface area contributed by atoms with Crippen molar-refractivity contribution in [2.75, 3.05) is 0 Å². The van der Waals surface area contributed by atoms with Gasteiger partial charge in [-0.1, -0.05) is 78.8 Å². The molecule has 3 heteroatoms. The van der Waals surface area contributed by atoms with Crippen LogP contribution in [0.5, 0.6) is 0 Å². The van der Waals surface area contributed by atoms with Crippen molar-refractivity contribution in [2.45, 2.75) is 71.1 Å². The summed E-state index contributed by atoms with van der Waals surface area (Å²) in [6, 6.07) is 12.1. The Morgan fingerprint density at radius 2 is 1.35 bits per heavy atom. The highest BCUT2D eigenvalue weighted by molar-refractivity contribution is 6.86. The van der Waals surface area contributed by atoms with Crippen LogP contribution in [-0.2, 0) is 4.12 Å². The fraction of sp³-hybridized carbons (Fsp3) is 0.647. The van der Waals surface area contributed by atoms with E-state index in [1.165, 1.54) is 11.2 Å². The second-order valence-corrected chi connectivity index (χ2v) is 15.3. The molecular weight excluding hydrogens is 276 g/mol. The summed E-state index contributed by atoms with van der Waals surface area (Å²) in [7, 11) is -3.04. The molecule has 0 fully saturated rings. The van der Waals surface area contributed by atoms with Crippen molar-refractivity contribution < 1.29 is 4.12 Å². The summed E-state index contributed by atoms with van der Waals surface area (Å²) in [5.41, 5.74) is 2.02. The Morgan fingerprint density at radius 3 is 1.70 bits per heavy atom. The molecule has 1 unspecified atom stereocenters. The van der Waals surface area contributed by atoms with Crippen LogP contribution in [0.4, 0.5) is 0 Å². The Morgan fingerprint density at radius 1 is 0.900 bits per heavy atom. The summed E-state index contributed by atoms with van der Waals surface area (Å²) in [5, 5.41) is 1.47. The molecule has 0 heterocycles. The topological polar surface area (TPSA) is 9.23 Å². The predicted molar refractivity (Wildman–Crippen MR) is 95.8 cm³/mol. The van der Waals surface area contributed by atoms with Crippen LogP contribution >= 0.6 is 0 Å². The molecule has 0 aliphatic heterocycles. The molecule has 0 aliphatic carbocycles. The third kappa shape index (κ3) is 3.63. The first-order valence-corrected chi connectivity index (χ1v) is 12.1. The maximum atomic E-state index is 7.04. The van der Waals surface area contributed by atoms with Gasteiger partial charge in [-0.25, -0.2) is 0 Å². The lowest BCUT2D eigenvalue weighted by molar-refractivity contribution is 0.494. The number of rotatable bonds is 7. The van der Waals surface area contributed by atoms with E-state index in [9.17, 15) is 0 Å². The van der Waals surface area contributed by atoms with Gasteiger partial charge in [0, 0.05) is 0 Å². The minimum Gasteiger partial charge on any atom is -0.453 e. The van der Waals surface area contributed by atoms with Gasteiger partial charge < -0.3 is 4.12 Å². The molecule has 0 N–H and O–H groups in total. The molecule has 0 aromatic heterocycles. The summed E-state index contributed by atoms with van der Waals surface area (Å²) in [4.78, 5) is 0. The number of benzene rings is 1. The van der Waals surface area contributed by atoms with E-state index in [0.29, 0.717) is 16.6 Å². The first-order chi connectivity index (χ1) is 9.36. The lowest BCUT2D eigenvalue weighted by Gasteiger charge is -2.45. The van der Waals surface area contributed by atoms with Gasteiger partial charge in [-0.3, -0.25) is 0 Å². The standard InChI is InChI=1S/C17H32OSi2/c1-8-19(17-12-10-9-11-13-17)18-20(14(2)3,15(4)5)16(6)7/h9-16,19H,8H2,1-7H3. The van der Waals surface area contributed by atoms with Gasteiger partial charge in [0.15, 0.2) is 17.4 Å². The Hall–Kier alpha value is -0.386. The predicted octanol–water partition coefficient (Wildman–Crippen LogP) is 4.83. The lowest BCUT2D eigenvalue weighted by atomic mass is 10.4. The van der Waals surface area contributed by atoms with Crippen LogP contribution in [0.3, 0.4) is 0 Å². The molecule has 1 rings (SSSR count). The first-order valence-electron chi connectivity index (χ1n) is 8.08. The molecule has 0 spiro atoms. The average Bonchev–Trinajstić information content (AvgIpc) is 2.39. The van der Waals surface area contributed by atoms with E-state index in [0.717, 1.165) is 0 Å². The van der Waals surface area contributed by atoms with Crippen LogP contribution in [0, 0.1) is 0 Å². The van der Waals surface area contributed by atoms with Crippen molar-refractivity contribution in [3.8, 4) is 0 Å². The zero-order valence-electron chi connectivity index (χ0n) is 14.3. The summed E-state index contributed by atoms with van der Waals surface area (Å²) in [5.74, 6) is 0. The zero-order chi connectivity index (χ0) is 15.3. The summed E-state index contributed by atoms with van der Waals surface area (Å²) in [6.45, 7) is 16.5. The van der Waals surface area contributed by atoms with Gasteiger partial charge in [0.1, 0.15) is 0 Å². The average molecular weight is 309 g/mol. The van der Waals surface area contributed by atoms with E-state index in [1.54, 1.807) is 0 Å². The molecule has 114 valence electrons. The molecule has 1 aromatic carbocycles. The van der Waals surface area contributed by atoms with Gasteiger partial charge in [-0.05, 0) is 27.9 Å². The molecular formula is C17H32OSi2. The Kier molecular flexibility index (Phi) is 6.69. The maximum Gasteiger partial charge on any atom is 0.195 e. The highest BCUT2D eigenvalue weighted by atomic mass is 28.4. The molecule has 0 aliphatic rings. The molecule has 20 heavy (non-hydrogen) atoms. The summed E-state index contributed by atoms with van der Waals surface area (Å²) in [6.07, 6.45) is 0. The SMILES string of the molecule is CC[SiH](O[Si](C(C)C)(C(C)C)C(C)C)c1ccccc1. The van der Waals surface area contributed by atoms with Gasteiger partial charge in [0.25, 0.3) is 0 Å². The van der Waals surface area contributed by atoms with Crippen molar-refractivity contribution in [1.82, 2.24) is 0 Å². The van der Waals surface area contributed by atoms with Crippen LogP contribution in [0.1, 0.15) is 48.5 Å². The highest BCUT2D eigenvalue weighted by Crippen LogP contribution is 2.42. The van der Waals surface area contributed by atoms with E-state index in [-0.39, 0.29) is 0 Å². The van der Waals surface area contributed by atoms with Crippen LogP contribution < -0.4 is 5.19 Å². The van der Waals surface area contributed by atoms with E-state index in [4.69, 9.17) is 4.12 Å². The fourth-order valence-electron chi connectivity index (χ4n) is 3.71. The van der Waals surface area contributed by atoms with Gasteiger partial charge in [-0.2, -0.15) is 0 Å². The van der Waals surface area contributed by atoms with E-state index in [1.807, 2.05) is 0 Å². The smallest absolute Gasteiger partial charge is 0.195 e. The van der Waals surface area contributed by atoms with E-state index < -0.39 is 17.4 Å². The molecule has 0 radical (unpaired) electrons. The third-order valence-corrected chi connectivity index (χ3v) is 14.7. The lowest BCUT2D eigenvalue weighted by Crippen LogP contribution is -2.54. The normalized spacial score (nSPS) is 14.3. The minimum atomic E-state index is -1.73. The first kappa shape index (κ1) is 17.7. The van der Waals surface area contributed by atoms with Crippen molar-refractivity contribution in [3.05, 3.63) is 30.3 Å². The van der Waals surface area contributed by atoms with Crippen molar-refractivity contribution in [2.24, 2.45) is 0 Å². The van der Waals surface area contributed by atoms with Crippen LogP contribution in [-0.4, -0.2) is 17.4 Å². The van der Waals surface area contributed by atoms with E-state index >= 15 is 0 Å². The molecule has 1 aromatic rings. The Bertz CT molecular complexity index is 365. The monoisotopic (exact) mass is 308 g/mol. The van der Waals surface area contributed by atoms with Crippen molar-refractivity contribution >= 4 is 22.5 Å². The Balaban J connectivity index is 3.10. The van der Waals surface area contributed by atoms with Crippen LogP contribution in [0.15, 0.2) is 30.3 Å². The van der Waals surface area contributed by atoms with Gasteiger partial charge >= 0.3 is 0 Å². The number of hydrogen-bond acceptors (Lipinski definition) is 1. The van der Waals surface area contributed by atoms with Crippen molar-refractivity contribution in [3.63, 3.8) is 0 Å². The molecule has 0 bridgehead atoms. The molecule has 0 amide bonds. The Labute approximate surface area is 128 Å². The maximum absolute atomic E-state index is 7.04. The minimum absolute atomic E-state index is 0.674. The van der Waals surface area contributed by atoms with Crippen LogP contribution in [0.2, 0.25) is 22.7 Å².